The molecule has 0 spiro atoms. The number of benzene rings is 1. The van der Waals surface area contributed by atoms with E-state index in [9.17, 15) is 35.2 Å². The Labute approximate surface area is 140 Å². The van der Waals surface area contributed by atoms with E-state index in [-0.39, 0.29) is 5.69 Å². The number of amides is 1. The SMILES string of the molecule is Nc1ccc(I)cc1C(=O)NC(C(F)(F)F)C(F)(F)S(=O)(=O)O. The highest BCUT2D eigenvalue weighted by atomic mass is 127. The highest BCUT2D eigenvalue weighted by Gasteiger charge is 2.64. The van der Waals surface area contributed by atoms with Crippen molar-refractivity contribution >= 4 is 44.3 Å². The number of hydrogen-bond acceptors (Lipinski definition) is 4. The van der Waals surface area contributed by atoms with Crippen molar-refractivity contribution in [1.29, 1.82) is 0 Å². The number of rotatable bonds is 4. The van der Waals surface area contributed by atoms with Crippen LogP contribution in [0.25, 0.3) is 0 Å². The van der Waals surface area contributed by atoms with Crippen LogP contribution in [0.1, 0.15) is 10.4 Å². The molecule has 130 valence electrons. The van der Waals surface area contributed by atoms with E-state index < -0.39 is 39.1 Å². The lowest BCUT2D eigenvalue weighted by Crippen LogP contribution is -2.59. The van der Waals surface area contributed by atoms with Gasteiger partial charge in [0.2, 0.25) is 6.04 Å². The first-order chi connectivity index (χ1) is 10.2. The summed E-state index contributed by atoms with van der Waals surface area (Å²) in [6, 6.07) is -0.583. The molecule has 4 N–H and O–H groups in total. The third kappa shape index (κ3) is 4.41. The van der Waals surface area contributed by atoms with Gasteiger partial charge in [-0.2, -0.15) is 30.4 Å². The lowest BCUT2D eigenvalue weighted by Gasteiger charge is -2.27. The Hall–Kier alpha value is -1.22. The van der Waals surface area contributed by atoms with Gasteiger partial charge >= 0.3 is 21.5 Å². The van der Waals surface area contributed by atoms with Crippen molar-refractivity contribution in [2.75, 3.05) is 5.73 Å². The molecule has 0 aromatic heterocycles. The number of alkyl halides is 5. The third-order valence-electron chi connectivity index (χ3n) is 2.54. The molecule has 0 radical (unpaired) electrons. The molecule has 1 aromatic rings. The van der Waals surface area contributed by atoms with E-state index in [2.05, 4.69) is 0 Å². The summed E-state index contributed by atoms with van der Waals surface area (Å²) in [7, 11) is -6.43. The number of halogens is 6. The molecule has 6 nitrogen and oxygen atoms in total. The zero-order chi connectivity index (χ0) is 18.2. The normalized spacial score (nSPS) is 14.4. The molecule has 0 saturated heterocycles. The molecule has 0 aliphatic rings. The van der Waals surface area contributed by atoms with Gasteiger partial charge in [-0.3, -0.25) is 9.35 Å². The highest BCUT2D eigenvalue weighted by Crippen LogP contribution is 2.36. The maximum absolute atomic E-state index is 13.3. The summed E-state index contributed by atoms with van der Waals surface area (Å²) in [6.45, 7) is 0. The van der Waals surface area contributed by atoms with Crippen LogP contribution < -0.4 is 11.1 Å². The van der Waals surface area contributed by atoms with E-state index in [4.69, 9.17) is 10.3 Å². The van der Waals surface area contributed by atoms with Crippen LogP contribution in [0.15, 0.2) is 18.2 Å². The maximum atomic E-state index is 13.3. The predicted octanol–water partition coefficient (Wildman–Crippen LogP) is 2.01. The number of nitrogens with two attached hydrogens (primary N) is 1. The molecule has 1 rings (SSSR count). The molecule has 0 heterocycles. The van der Waals surface area contributed by atoms with E-state index in [1.807, 2.05) is 0 Å². The van der Waals surface area contributed by atoms with Crippen LogP contribution in [0.3, 0.4) is 0 Å². The van der Waals surface area contributed by atoms with Gasteiger partial charge in [0.25, 0.3) is 5.91 Å². The van der Waals surface area contributed by atoms with E-state index >= 15 is 0 Å². The van der Waals surface area contributed by atoms with Crippen molar-refractivity contribution in [1.82, 2.24) is 5.32 Å². The molecule has 23 heavy (non-hydrogen) atoms. The summed E-state index contributed by atoms with van der Waals surface area (Å²) in [4.78, 5) is 11.7. The second-order valence-electron chi connectivity index (χ2n) is 4.22. The molecule has 0 saturated carbocycles. The highest BCUT2D eigenvalue weighted by molar-refractivity contribution is 14.1. The monoisotopic (exact) mass is 474 g/mol. The van der Waals surface area contributed by atoms with Crippen LogP contribution in [-0.4, -0.2) is 36.4 Å². The first-order valence-electron chi connectivity index (χ1n) is 5.45. The smallest absolute Gasteiger partial charge is 0.398 e. The fourth-order valence-corrected chi connectivity index (χ4v) is 2.42. The quantitative estimate of drug-likeness (QED) is 0.268. The van der Waals surface area contributed by atoms with Gasteiger partial charge in [-0.15, -0.1) is 0 Å². The third-order valence-corrected chi connectivity index (χ3v) is 4.14. The summed E-state index contributed by atoms with van der Waals surface area (Å²) >= 11 is 1.69. The zero-order valence-electron chi connectivity index (χ0n) is 10.7. The van der Waals surface area contributed by atoms with Crippen LogP contribution in [0.4, 0.5) is 27.6 Å². The minimum Gasteiger partial charge on any atom is -0.398 e. The molecule has 0 fully saturated rings. The molecule has 1 aromatic carbocycles. The average molecular weight is 474 g/mol. The largest absolute Gasteiger partial charge is 0.415 e. The minimum atomic E-state index is -6.43. The molecule has 0 aliphatic heterocycles. The number of carbonyl (C=O) groups excluding carboxylic acids is 1. The number of anilines is 1. The van der Waals surface area contributed by atoms with Crippen LogP contribution in [-0.2, 0) is 10.1 Å². The number of hydrogen-bond donors (Lipinski definition) is 3. The first-order valence-corrected chi connectivity index (χ1v) is 7.97. The molecule has 1 unspecified atom stereocenters. The van der Waals surface area contributed by atoms with E-state index in [1.54, 1.807) is 22.6 Å². The molecule has 13 heteroatoms. The van der Waals surface area contributed by atoms with Crippen LogP contribution in [0.5, 0.6) is 0 Å². The summed E-state index contributed by atoms with van der Waals surface area (Å²) < 4.78 is 94.5. The number of nitrogens with one attached hydrogen (secondary N) is 1. The Balaban J connectivity index is 3.28. The maximum Gasteiger partial charge on any atom is 0.415 e. The van der Waals surface area contributed by atoms with Crippen LogP contribution in [0, 0.1) is 3.57 Å². The minimum absolute atomic E-state index is 0.306. The van der Waals surface area contributed by atoms with Gasteiger partial charge in [0.15, 0.2) is 0 Å². The lowest BCUT2D eigenvalue weighted by atomic mass is 10.1. The lowest BCUT2D eigenvalue weighted by molar-refractivity contribution is -0.191. The van der Waals surface area contributed by atoms with Gasteiger partial charge in [0.1, 0.15) is 0 Å². The number of carbonyl (C=O) groups is 1. The second-order valence-corrected chi connectivity index (χ2v) is 6.96. The zero-order valence-corrected chi connectivity index (χ0v) is 13.7. The summed E-state index contributed by atoms with van der Waals surface area (Å²) in [5.74, 6) is -1.67. The van der Waals surface area contributed by atoms with Gasteiger partial charge in [-0.25, -0.2) is 0 Å². The molecule has 1 atom stereocenters. The fourth-order valence-electron chi connectivity index (χ4n) is 1.44. The molecule has 0 aliphatic carbocycles. The topological polar surface area (TPSA) is 109 Å². The van der Waals surface area contributed by atoms with E-state index in [1.165, 1.54) is 6.07 Å². The predicted molar refractivity (Wildman–Crippen MR) is 77.4 cm³/mol. The summed E-state index contributed by atoms with van der Waals surface area (Å²) in [6.07, 6.45) is -5.86. The van der Waals surface area contributed by atoms with Crippen molar-refractivity contribution in [3.8, 4) is 0 Å². The Morgan fingerprint density at radius 1 is 1.26 bits per heavy atom. The van der Waals surface area contributed by atoms with Gasteiger partial charge in [0.05, 0.1) is 5.56 Å². The Bertz CT molecular complexity index is 722. The van der Waals surface area contributed by atoms with Crippen molar-refractivity contribution in [3.63, 3.8) is 0 Å². The van der Waals surface area contributed by atoms with Gasteiger partial charge in [-0.05, 0) is 40.8 Å². The van der Waals surface area contributed by atoms with E-state index in [0.29, 0.717) is 3.57 Å². The number of nitrogen functional groups attached to an aromatic ring is 1. The second kappa shape index (κ2) is 6.35. The van der Waals surface area contributed by atoms with Crippen LogP contribution >= 0.6 is 22.6 Å². The molecule has 1 amide bonds. The summed E-state index contributed by atoms with van der Waals surface area (Å²) in [5.41, 5.74) is 4.50. The van der Waals surface area contributed by atoms with Crippen LogP contribution in [0.2, 0.25) is 0 Å². The Kier molecular flexibility index (Phi) is 5.47. The first kappa shape index (κ1) is 19.8. The molecule has 0 bridgehead atoms. The van der Waals surface area contributed by atoms with Gasteiger partial charge in [0, 0.05) is 9.26 Å². The standard InChI is InChI=1S/C10H8F5IN2O4S/c11-9(12,13)8(10(14,15)23(20,21)22)18-7(19)5-3-4(16)1-2-6(5)17/h1-3,8H,17H2,(H,18,19)(H,20,21,22). The van der Waals surface area contributed by atoms with Gasteiger partial charge < -0.3 is 11.1 Å². The fraction of sp³-hybridized carbons (Fsp3) is 0.300. The summed E-state index contributed by atoms with van der Waals surface area (Å²) in [5, 5.41) is -4.83. The van der Waals surface area contributed by atoms with Crippen molar-refractivity contribution in [2.24, 2.45) is 0 Å². The average Bonchev–Trinajstić information content (AvgIpc) is 2.35. The van der Waals surface area contributed by atoms with Gasteiger partial charge in [-0.1, -0.05) is 0 Å². The molecular weight excluding hydrogens is 466 g/mol. The Morgan fingerprint density at radius 2 is 1.78 bits per heavy atom. The van der Waals surface area contributed by atoms with Crippen molar-refractivity contribution in [3.05, 3.63) is 27.3 Å². The molecular formula is C10H8F5IN2O4S. The van der Waals surface area contributed by atoms with Crippen molar-refractivity contribution < 1.29 is 39.7 Å². The van der Waals surface area contributed by atoms with Crippen molar-refractivity contribution in [2.45, 2.75) is 17.5 Å². The Morgan fingerprint density at radius 3 is 2.22 bits per heavy atom. The van der Waals surface area contributed by atoms with E-state index in [0.717, 1.165) is 17.4 Å².